The van der Waals surface area contributed by atoms with Gasteiger partial charge in [0, 0.05) is 7.05 Å². The van der Waals surface area contributed by atoms with Crippen molar-refractivity contribution in [2.45, 2.75) is 18.7 Å². The normalized spacial score (nSPS) is 11.8. The van der Waals surface area contributed by atoms with Crippen LogP contribution in [0.15, 0.2) is 23.1 Å². The molecule has 2 N–H and O–H groups in total. The minimum absolute atomic E-state index is 0.0681. The van der Waals surface area contributed by atoms with Crippen LogP contribution in [-0.2, 0) is 14.8 Å². The van der Waals surface area contributed by atoms with Crippen molar-refractivity contribution >= 4 is 44.8 Å². The van der Waals surface area contributed by atoms with Crippen LogP contribution in [-0.4, -0.2) is 42.4 Å². The predicted molar refractivity (Wildman–Crippen MR) is 93.0 cm³/mol. The van der Waals surface area contributed by atoms with Crippen molar-refractivity contribution in [3.63, 3.8) is 0 Å². The van der Waals surface area contributed by atoms with Crippen LogP contribution in [0.2, 0.25) is 10.0 Å². The molecule has 0 aliphatic carbocycles. The van der Waals surface area contributed by atoms with Gasteiger partial charge >= 0.3 is 0 Å². The molecule has 2 rings (SSSR count). The third-order valence-corrected chi connectivity index (χ3v) is 6.21. The molecule has 0 saturated carbocycles. The molecule has 130 valence electrons. The molecular weight excluding hydrogens is 375 g/mol. The Hall–Kier alpha value is -1.61. The monoisotopic (exact) mass is 390 g/mol. The second-order valence-electron chi connectivity index (χ2n) is 5.17. The van der Waals surface area contributed by atoms with Gasteiger partial charge in [0.15, 0.2) is 0 Å². The quantitative estimate of drug-likeness (QED) is 0.819. The number of hydrogen-bond acceptors (Lipinski definition) is 4. The molecule has 1 aromatic heterocycles. The summed E-state index contributed by atoms with van der Waals surface area (Å²) in [6.07, 6.45) is 0. The number of amides is 1. The average molecular weight is 391 g/mol. The lowest BCUT2D eigenvalue weighted by Crippen LogP contribution is -2.35. The summed E-state index contributed by atoms with van der Waals surface area (Å²) in [6, 6.07) is 4.79. The number of anilines is 1. The van der Waals surface area contributed by atoms with Gasteiger partial charge in [-0.15, -0.1) is 0 Å². The smallest absolute Gasteiger partial charge is 0.246 e. The molecule has 1 heterocycles. The van der Waals surface area contributed by atoms with E-state index in [2.05, 4.69) is 15.5 Å². The molecule has 0 atom stereocenters. The lowest BCUT2D eigenvalue weighted by molar-refractivity contribution is -0.116. The first-order valence-corrected chi connectivity index (χ1v) is 9.06. The summed E-state index contributed by atoms with van der Waals surface area (Å²) in [4.78, 5) is 12.2. The Balaban J connectivity index is 2.16. The summed E-state index contributed by atoms with van der Waals surface area (Å²) in [5.41, 5.74) is 1.07. The van der Waals surface area contributed by atoms with Crippen molar-refractivity contribution in [2.24, 2.45) is 0 Å². The highest BCUT2D eigenvalue weighted by molar-refractivity contribution is 7.89. The van der Waals surface area contributed by atoms with Gasteiger partial charge in [-0.1, -0.05) is 29.3 Å². The number of carbonyl (C=O) groups is 1. The Morgan fingerprint density at radius 2 is 2.00 bits per heavy atom. The molecule has 7 nitrogen and oxygen atoms in total. The van der Waals surface area contributed by atoms with E-state index in [4.69, 9.17) is 23.2 Å². The number of aromatic nitrogens is 2. The summed E-state index contributed by atoms with van der Waals surface area (Å²) in [5, 5.41) is 9.52. The van der Waals surface area contributed by atoms with E-state index in [0.717, 1.165) is 4.31 Å². The fraction of sp³-hybridized carbons (Fsp3) is 0.286. The summed E-state index contributed by atoms with van der Waals surface area (Å²) in [6.45, 7) is 2.80. The minimum atomic E-state index is -3.84. The van der Waals surface area contributed by atoms with Crippen molar-refractivity contribution < 1.29 is 13.2 Å². The zero-order valence-electron chi connectivity index (χ0n) is 13.2. The predicted octanol–water partition coefficient (Wildman–Crippen LogP) is 2.59. The van der Waals surface area contributed by atoms with E-state index in [-0.39, 0.29) is 16.5 Å². The van der Waals surface area contributed by atoms with Crippen molar-refractivity contribution in [3.05, 3.63) is 39.6 Å². The Morgan fingerprint density at radius 1 is 1.33 bits per heavy atom. The molecule has 0 unspecified atom stereocenters. The minimum Gasteiger partial charge on any atom is -0.324 e. The number of H-pyrrole nitrogens is 1. The second kappa shape index (κ2) is 7.10. The van der Waals surface area contributed by atoms with E-state index in [1.54, 1.807) is 32.0 Å². The molecular formula is C14H16Cl2N4O3S. The van der Waals surface area contributed by atoms with E-state index in [0.29, 0.717) is 22.1 Å². The highest BCUT2D eigenvalue weighted by Crippen LogP contribution is 2.29. The second-order valence-corrected chi connectivity index (χ2v) is 7.94. The van der Waals surface area contributed by atoms with Crippen molar-refractivity contribution in [1.29, 1.82) is 0 Å². The van der Waals surface area contributed by atoms with Gasteiger partial charge in [0.1, 0.15) is 4.90 Å². The van der Waals surface area contributed by atoms with E-state index >= 15 is 0 Å². The van der Waals surface area contributed by atoms with Crippen molar-refractivity contribution in [2.75, 3.05) is 18.9 Å². The molecule has 0 aliphatic heterocycles. The topological polar surface area (TPSA) is 95.2 Å². The SMILES string of the molecule is Cc1n[nH]c(C)c1S(=O)(=O)N(C)CC(=O)Nc1cccc(Cl)c1Cl. The molecule has 0 saturated heterocycles. The number of sulfonamides is 1. The number of nitrogens with one attached hydrogen (secondary N) is 2. The summed E-state index contributed by atoms with van der Waals surface area (Å²) < 4.78 is 26.1. The highest BCUT2D eigenvalue weighted by Gasteiger charge is 2.28. The number of carbonyl (C=O) groups excluding carboxylic acids is 1. The Bertz CT molecular complexity index is 861. The molecule has 2 aromatic rings. The first kappa shape index (κ1) is 18.7. The fourth-order valence-electron chi connectivity index (χ4n) is 2.15. The van der Waals surface area contributed by atoms with Crippen LogP contribution in [0.25, 0.3) is 0 Å². The molecule has 0 fully saturated rings. The van der Waals surface area contributed by atoms with Crippen LogP contribution in [0.3, 0.4) is 0 Å². The van der Waals surface area contributed by atoms with Crippen LogP contribution in [0.5, 0.6) is 0 Å². The first-order chi connectivity index (χ1) is 11.1. The number of nitrogens with zero attached hydrogens (tertiary/aromatic N) is 2. The summed E-state index contributed by atoms with van der Waals surface area (Å²) in [7, 11) is -2.52. The molecule has 1 aromatic carbocycles. The van der Waals surface area contributed by atoms with Gasteiger partial charge in [0.2, 0.25) is 15.9 Å². The lowest BCUT2D eigenvalue weighted by Gasteiger charge is -2.17. The number of rotatable bonds is 5. The number of halogens is 2. The van der Waals surface area contributed by atoms with E-state index in [1.165, 1.54) is 7.05 Å². The van der Waals surface area contributed by atoms with Crippen LogP contribution in [0.1, 0.15) is 11.4 Å². The zero-order valence-corrected chi connectivity index (χ0v) is 15.6. The van der Waals surface area contributed by atoms with E-state index in [9.17, 15) is 13.2 Å². The van der Waals surface area contributed by atoms with Crippen LogP contribution in [0, 0.1) is 13.8 Å². The number of hydrogen-bond donors (Lipinski definition) is 2. The number of benzene rings is 1. The van der Waals surface area contributed by atoms with Crippen LogP contribution in [0.4, 0.5) is 5.69 Å². The van der Waals surface area contributed by atoms with Gasteiger partial charge in [-0.05, 0) is 26.0 Å². The number of aryl methyl sites for hydroxylation is 2. The molecule has 10 heteroatoms. The van der Waals surface area contributed by atoms with Gasteiger partial charge in [0.05, 0.1) is 33.7 Å². The van der Waals surface area contributed by atoms with Gasteiger partial charge < -0.3 is 5.32 Å². The first-order valence-electron chi connectivity index (χ1n) is 6.86. The molecule has 1 amide bonds. The van der Waals surface area contributed by atoms with Gasteiger partial charge in [-0.2, -0.15) is 9.40 Å². The Labute approximate surface area is 150 Å². The fourth-order valence-corrected chi connectivity index (χ4v) is 3.95. The third kappa shape index (κ3) is 3.72. The molecule has 0 radical (unpaired) electrons. The maximum absolute atomic E-state index is 12.6. The maximum atomic E-state index is 12.6. The summed E-state index contributed by atoms with van der Waals surface area (Å²) in [5.74, 6) is -0.538. The Morgan fingerprint density at radius 3 is 2.58 bits per heavy atom. The average Bonchev–Trinajstić information content (AvgIpc) is 2.83. The number of aromatic amines is 1. The van der Waals surface area contributed by atoms with Crippen LogP contribution >= 0.6 is 23.2 Å². The van der Waals surface area contributed by atoms with Gasteiger partial charge in [0.25, 0.3) is 0 Å². The van der Waals surface area contributed by atoms with Crippen molar-refractivity contribution in [1.82, 2.24) is 14.5 Å². The number of likely N-dealkylation sites (N-methyl/N-ethyl adjacent to an activating group) is 1. The molecule has 0 spiro atoms. The summed E-state index contributed by atoms with van der Waals surface area (Å²) >= 11 is 11.9. The van der Waals surface area contributed by atoms with E-state index < -0.39 is 15.9 Å². The van der Waals surface area contributed by atoms with Crippen molar-refractivity contribution in [3.8, 4) is 0 Å². The standard InChI is InChI=1S/C14H16Cl2N4O3S/c1-8-14(9(2)19-18-8)24(22,23)20(3)7-12(21)17-11-6-4-5-10(15)13(11)16/h4-6H,7H2,1-3H3,(H,17,21)(H,18,19). The maximum Gasteiger partial charge on any atom is 0.246 e. The largest absolute Gasteiger partial charge is 0.324 e. The molecule has 0 bridgehead atoms. The third-order valence-electron chi connectivity index (χ3n) is 3.32. The molecule has 24 heavy (non-hydrogen) atoms. The highest BCUT2D eigenvalue weighted by atomic mass is 35.5. The van der Waals surface area contributed by atoms with Gasteiger partial charge in [-0.3, -0.25) is 9.89 Å². The Kier molecular flexibility index (Phi) is 5.54. The van der Waals surface area contributed by atoms with Crippen LogP contribution < -0.4 is 5.32 Å². The molecule has 0 aliphatic rings. The van der Waals surface area contributed by atoms with E-state index in [1.807, 2.05) is 0 Å². The zero-order chi connectivity index (χ0) is 18.1. The lowest BCUT2D eigenvalue weighted by atomic mass is 10.3. The van der Waals surface area contributed by atoms with Gasteiger partial charge in [-0.25, -0.2) is 8.42 Å².